The van der Waals surface area contributed by atoms with E-state index in [1.165, 1.54) is 0 Å². The third-order valence-corrected chi connectivity index (χ3v) is 3.92. The molecule has 0 atom stereocenters. The van der Waals surface area contributed by atoms with E-state index in [9.17, 15) is 0 Å². The standard InChI is InChI=1S/C18H22Cl2N4O.HI/c1-21-18(24-11-8-15-5-2-3-9-22-15)23-10-4-12-25-17-7-6-14(19)13-16(17)20;/h2-3,5-7,9,13H,4,8,10-12H2,1H3,(H2,21,23,24);1H. The Kier molecular flexibility index (Phi) is 11.4. The zero-order valence-electron chi connectivity index (χ0n) is 14.5. The predicted molar refractivity (Wildman–Crippen MR) is 119 cm³/mol. The molecule has 26 heavy (non-hydrogen) atoms. The van der Waals surface area contributed by atoms with Gasteiger partial charge in [0.1, 0.15) is 5.75 Å². The Balaban J connectivity index is 0.00000338. The molecule has 0 aliphatic carbocycles. The highest BCUT2D eigenvalue weighted by Crippen LogP contribution is 2.27. The number of halogens is 3. The number of aromatic nitrogens is 1. The fraction of sp³-hybridized carbons (Fsp3) is 0.333. The monoisotopic (exact) mass is 508 g/mol. The first-order valence-corrected chi connectivity index (χ1v) is 8.87. The van der Waals surface area contributed by atoms with E-state index in [2.05, 4.69) is 20.6 Å². The number of rotatable bonds is 8. The Hall–Kier alpha value is -1.25. The minimum Gasteiger partial charge on any atom is -0.492 e. The summed E-state index contributed by atoms with van der Waals surface area (Å²) in [6.07, 6.45) is 3.47. The van der Waals surface area contributed by atoms with Gasteiger partial charge >= 0.3 is 0 Å². The van der Waals surface area contributed by atoms with Crippen LogP contribution in [0.2, 0.25) is 10.0 Å². The average molecular weight is 509 g/mol. The van der Waals surface area contributed by atoms with E-state index < -0.39 is 0 Å². The molecule has 0 amide bonds. The highest BCUT2D eigenvalue weighted by molar-refractivity contribution is 14.0. The van der Waals surface area contributed by atoms with Gasteiger partial charge in [0.05, 0.1) is 11.6 Å². The largest absolute Gasteiger partial charge is 0.492 e. The maximum Gasteiger partial charge on any atom is 0.190 e. The average Bonchev–Trinajstić information content (AvgIpc) is 2.62. The number of nitrogens with one attached hydrogen (secondary N) is 2. The molecule has 0 spiro atoms. The first-order chi connectivity index (χ1) is 12.2. The molecule has 142 valence electrons. The summed E-state index contributed by atoms with van der Waals surface area (Å²) in [5, 5.41) is 7.63. The molecule has 1 aromatic carbocycles. The molecule has 0 saturated carbocycles. The van der Waals surface area contributed by atoms with Gasteiger partial charge in [-0.05, 0) is 36.8 Å². The Bertz CT molecular complexity index is 686. The number of pyridine rings is 1. The molecule has 0 fully saturated rings. The van der Waals surface area contributed by atoms with Gasteiger partial charge in [-0.3, -0.25) is 9.98 Å². The van der Waals surface area contributed by atoms with Crippen LogP contribution in [0.25, 0.3) is 0 Å². The van der Waals surface area contributed by atoms with Crippen LogP contribution in [0.4, 0.5) is 0 Å². The molecule has 5 nitrogen and oxygen atoms in total. The summed E-state index contributed by atoms with van der Waals surface area (Å²) in [5.74, 6) is 1.41. The van der Waals surface area contributed by atoms with Crippen molar-refractivity contribution in [3.8, 4) is 5.75 Å². The molecule has 0 unspecified atom stereocenters. The quantitative estimate of drug-likeness (QED) is 0.243. The third kappa shape index (κ3) is 8.42. The van der Waals surface area contributed by atoms with E-state index >= 15 is 0 Å². The van der Waals surface area contributed by atoms with Crippen molar-refractivity contribution in [3.05, 3.63) is 58.3 Å². The summed E-state index contributed by atoms with van der Waals surface area (Å²) in [4.78, 5) is 8.49. The second-order valence-electron chi connectivity index (χ2n) is 5.27. The molecule has 0 aliphatic heterocycles. The van der Waals surface area contributed by atoms with Crippen molar-refractivity contribution in [1.82, 2.24) is 15.6 Å². The minimum atomic E-state index is 0. The van der Waals surface area contributed by atoms with E-state index in [4.69, 9.17) is 27.9 Å². The lowest BCUT2D eigenvalue weighted by molar-refractivity contribution is 0.311. The summed E-state index contributed by atoms with van der Waals surface area (Å²) in [5.41, 5.74) is 1.05. The lowest BCUT2D eigenvalue weighted by atomic mass is 10.3. The van der Waals surface area contributed by atoms with E-state index in [1.54, 1.807) is 31.4 Å². The number of hydrogen-bond donors (Lipinski definition) is 2. The lowest BCUT2D eigenvalue weighted by Crippen LogP contribution is -2.39. The third-order valence-electron chi connectivity index (χ3n) is 3.39. The molecular formula is C18H23Cl2IN4O. The normalized spacial score (nSPS) is 10.8. The Morgan fingerprint density at radius 3 is 2.65 bits per heavy atom. The van der Waals surface area contributed by atoms with Gasteiger partial charge in [-0.1, -0.05) is 29.3 Å². The summed E-state index contributed by atoms with van der Waals surface area (Å²) >= 11 is 11.9. The number of ether oxygens (including phenoxy) is 1. The summed E-state index contributed by atoms with van der Waals surface area (Å²) in [6.45, 7) is 2.07. The first kappa shape index (κ1) is 22.8. The fourth-order valence-electron chi connectivity index (χ4n) is 2.13. The number of guanidine groups is 1. The van der Waals surface area contributed by atoms with Gasteiger partial charge in [0.15, 0.2) is 5.96 Å². The van der Waals surface area contributed by atoms with Crippen LogP contribution >= 0.6 is 47.2 Å². The van der Waals surface area contributed by atoms with Crippen molar-refractivity contribution < 1.29 is 4.74 Å². The number of nitrogens with zero attached hydrogens (tertiary/aromatic N) is 2. The minimum absolute atomic E-state index is 0. The molecule has 2 rings (SSSR count). The van der Waals surface area contributed by atoms with Gasteiger partial charge in [0.25, 0.3) is 0 Å². The van der Waals surface area contributed by atoms with Crippen LogP contribution < -0.4 is 15.4 Å². The van der Waals surface area contributed by atoms with Crippen LogP contribution in [0.5, 0.6) is 5.75 Å². The highest BCUT2D eigenvalue weighted by atomic mass is 127. The molecule has 0 bridgehead atoms. The van der Waals surface area contributed by atoms with Gasteiger partial charge < -0.3 is 15.4 Å². The van der Waals surface area contributed by atoms with Crippen LogP contribution in [0.3, 0.4) is 0 Å². The van der Waals surface area contributed by atoms with Crippen molar-refractivity contribution in [2.24, 2.45) is 4.99 Å². The summed E-state index contributed by atoms with van der Waals surface area (Å²) in [6, 6.07) is 11.1. The molecular weight excluding hydrogens is 486 g/mol. The van der Waals surface area contributed by atoms with Crippen LogP contribution in [-0.4, -0.2) is 37.7 Å². The molecule has 2 aromatic rings. The van der Waals surface area contributed by atoms with E-state index in [0.717, 1.165) is 37.6 Å². The van der Waals surface area contributed by atoms with Gasteiger partial charge in [-0.25, -0.2) is 0 Å². The Morgan fingerprint density at radius 1 is 1.15 bits per heavy atom. The highest BCUT2D eigenvalue weighted by Gasteiger charge is 2.02. The fourth-order valence-corrected chi connectivity index (χ4v) is 2.59. The van der Waals surface area contributed by atoms with Gasteiger partial charge in [0, 0.05) is 43.5 Å². The Morgan fingerprint density at radius 2 is 1.96 bits per heavy atom. The smallest absolute Gasteiger partial charge is 0.190 e. The first-order valence-electron chi connectivity index (χ1n) is 8.11. The van der Waals surface area contributed by atoms with E-state index in [0.29, 0.717) is 22.4 Å². The van der Waals surface area contributed by atoms with Gasteiger partial charge in [-0.15, -0.1) is 24.0 Å². The summed E-state index contributed by atoms with van der Waals surface area (Å²) in [7, 11) is 1.75. The van der Waals surface area contributed by atoms with Crippen molar-refractivity contribution in [2.45, 2.75) is 12.8 Å². The van der Waals surface area contributed by atoms with Crippen molar-refractivity contribution >= 4 is 53.1 Å². The molecule has 0 radical (unpaired) electrons. The van der Waals surface area contributed by atoms with E-state index in [1.807, 2.05) is 18.2 Å². The second kappa shape index (κ2) is 13.0. The molecule has 2 N–H and O–H groups in total. The second-order valence-corrected chi connectivity index (χ2v) is 6.12. The van der Waals surface area contributed by atoms with Crippen LogP contribution in [-0.2, 0) is 6.42 Å². The maximum atomic E-state index is 6.06. The SMILES string of the molecule is CN=C(NCCCOc1ccc(Cl)cc1Cl)NCCc1ccccn1.I. The van der Waals surface area contributed by atoms with Crippen LogP contribution in [0.1, 0.15) is 12.1 Å². The van der Waals surface area contributed by atoms with Crippen molar-refractivity contribution in [3.63, 3.8) is 0 Å². The summed E-state index contributed by atoms with van der Waals surface area (Å²) < 4.78 is 5.65. The van der Waals surface area contributed by atoms with Crippen LogP contribution in [0, 0.1) is 0 Å². The van der Waals surface area contributed by atoms with Crippen LogP contribution in [0.15, 0.2) is 47.6 Å². The molecule has 0 saturated heterocycles. The van der Waals surface area contributed by atoms with Crippen molar-refractivity contribution in [2.75, 3.05) is 26.7 Å². The van der Waals surface area contributed by atoms with Gasteiger partial charge in [0.2, 0.25) is 0 Å². The molecule has 1 heterocycles. The predicted octanol–water partition coefficient (Wildman–Crippen LogP) is 4.18. The van der Waals surface area contributed by atoms with Crippen molar-refractivity contribution in [1.29, 1.82) is 0 Å². The van der Waals surface area contributed by atoms with Gasteiger partial charge in [-0.2, -0.15) is 0 Å². The zero-order valence-corrected chi connectivity index (χ0v) is 18.4. The lowest BCUT2D eigenvalue weighted by Gasteiger charge is -2.12. The number of benzene rings is 1. The molecule has 0 aliphatic rings. The maximum absolute atomic E-state index is 6.06. The number of aliphatic imine (C=N–C) groups is 1. The topological polar surface area (TPSA) is 58.5 Å². The Labute approximate surface area is 181 Å². The number of hydrogen-bond acceptors (Lipinski definition) is 3. The zero-order chi connectivity index (χ0) is 17.9. The molecule has 8 heteroatoms. The van der Waals surface area contributed by atoms with E-state index in [-0.39, 0.29) is 24.0 Å². The molecule has 1 aromatic heterocycles.